The Labute approximate surface area is 156 Å². The van der Waals surface area contributed by atoms with Crippen LogP contribution in [0.15, 0.2) is 42.5 Å². The molecule has 2 nitrogen and oxygen atoms in total. The van der Waals surface area contributed by atoms with Gasteiger partial charge in [-0.25, -0.2) is 0 Å². The fraction of sp³-hybridized carbons (Fsp3) is 0.375. The van der Waals surface area contributed by atoms with Crippen LogP contribution in [0.5, 0.6) is 0 Å². The number of allylic oxidation sites excluding steroid dienone is 1. The predicted molar refractivity (Wildman–Crippen MR) is 108 cm³/mol. The van der Waals surface area contributed by atoms with E-state index in [4.69, 9.17) is 5.26 Å². The van der Waals surface area contributed by atoms with Crippen LogP contribution in [0.3, 0.4) is 0 Å². The zero-order valence-corrected chi connectivity index (χ0v) is 16.3. The average Bonchev–Trinajstić information content (AvgIpc) is 2.60. The van der Waals surface area contributed by atoms with E-state index in [1.807, 2.05) is 24.3 Å². The maximum absolute atomic E-state index is 10.7. The summed E-state index contributed by atoms with van der Waals surface area (Å²) in [6.07, 6.45) is 2.58. The number of nitriles is 1. The van der Waals surface area contributed by atoms with Gasteiger partial charge in [0.2, 0.25) is 0 Å². The van der Waals surface area contributed by atoms with Gasteiger partial charge in [-0.3, -0.25) is 0 Å². The summed E-state index contributed by atoms with van der Waals surface area (Å²) in [5, 5.41) is 19.6. The Morgan fingerprint density at radius 3 is 2.35 bits per heavy atom. The number of aliphatic hydroxyl groups excluding tert-OH is 1. The summed E-state index contributed by atoms with van der Waals surface area (Å²) >= 11 is 0. The molecule has 134 valence electrons. The van der Waals surface area contributed by atoms with Crippen LogP contribution in [0.25, 0.3) is 11.6 Å². The molecule has 0 heterocycles. The van der Waals surface area contributed by atoms with Crippen molar-refractivity contribution >= 4 is 11.6 Å². The molecule has 0 saturated carbocycles. The summed E-state index contributed by atoms with van der Waals surface area (Å²) < 4.78 is 0. The van der Waals surface area contributed by atoms with E-state index in [9.17, 15) is 5.11 Å². The number of hydrogen-bond acceptors (Lipinski definition) is 2. The van der Waals surface area contributed by atoms with Gasteiger partial charge in [0.1, 0.15) is 0 Å². The van der Waals surface area contributed by atoms with Gasteiger partial charge >= 0.3 is 0 Å². The van der Waals surface area contributed by atoms with Crippen molar-refractivity contribution in [1.29, 1.82) is 5.26 Å². The highest BCUT2D eigenvalue weighted by molar-refractivity contribution is 5.81. The number of benzene rings is 2. The minimum Gasteiger partial charge on any atom is -0.392 e. The quantitative estimate of drug-likeness (QED) is 0.737. The third-order valence-electron chi connectivity index (χ3n) is 5.86. The van der Waals surface area contributed by atoms with Gasteiger partial charge in [-0.15, -0.1) is 0 Å². The van der Waals surface area contributed by atoms with E-state index >= 15 is 0 Å². The molecule has 26 heavy (non-hydrogen) atoms. The van der Waals surface area contributed by atoms with E-state index in [1.165, 1.54) is 22.3 Å². The van der Waals surface area contributed by atoms with Crippen LogP contribution in [-0.4, -0.2) is 11.2 Å². The van der Waals surface area contributed by atoms with Crippen LogP contribution in [0.2, 0.25) is 0 Å². The summed E-state index contributed by atoms with van der Waals surface area (Å²) in [7, 11) is 0. The van der Waals surface area contributed by atoms with E-state index in [2.05, 4.69) is 65.0 Å². The molecule has 3 rings (SSSR count). The molecule has 0 radical (unpaired) electrons. The van der Waals surface area contributed by atoms with E-state index in [0.29, 0.717) is 5.56 Å². The van der Waals surface area contributed by atoms with Crippen LogP contribution in [0, 0.1) is 11.3 Å². The third kappa shape index (κ3) is 3.20. The van der Waals surface area contributed by atoms with Crippen LogP contribution < -0.4 is 0 Å². The van der Waals surface area contributed by atoms with E-state index < -0.39 is 0 Å². The number of rotatable bonds is 2. The predicted octanol–water partition coefficient (Wildman–Crippen LogP) is 5.44. The maximum atomic E-state index is 10.7. The summed E-state index contributed by atoms with van der Waals surface area (Å²) in [5.74, 6) is 0. The summed E-state index contributed by atoms with van der Waals surface area (Å²) in [4.78, 5) is 0. The van der Waals surface area contributed by atoms with Gasteiger partial charge in [0.05, 0.1) is 17.7 Å². The van der Waals surface area contributed by atoms with Gasteiger partial charge in [0.15, 0.2) is 0 Å². The van der Waals surface area contributed by atoms with Gasteiger partial charge in [-0.1, -0.05) is 64.1 Å². The molecule has 1 atom stereocenters. The maximum Gasteiger partial charge on any atom is 0.0991 e. The van der Waals surface area contributed by atoms with Crippen molar-refractivity contribution in [1.82, 2.24) is 0 Å². The number of nitrogens with zero attached hydrogens (tertiary/aromatic N) is 1. The van der Waals surface area contributed by atoms with Gasteiger partial charge in [0.25, 0.3) is 0 Å². The van der Waals surface area contributed by atoms with Gasteiger partial charge in [-0.2, -0.15) is 5.26 Å². The molecule has 0 spiro atoms. The molecule has 2 heteroatoms. The highest BCUT2D eigenvalue weighted by atomic mass is 16.3. The van der Waals surface area contributed by atoms with Crippen molar-refractivity contribution in [2.75, 3.05) is 0 Å². The lowest BCUT2D eigenvalue weighted by molar-refractivity contribution is 0.0583. The molecular weight excluding hydrogens is 318 g/mol. The highest BCUT2D eigenvalue weighted by Gasteiger charge is 2.43. The molecule has 0 bridgehead atoms. The monoisotopic (exact) mass is 345 g/mol. The fourth-order valence-corrected chi connectivity index (χ4v) is 3.93. The van der Waals surface area contributed by atoms with E-state index in [-0.39, 0.29) is 16.9 Å². The highest BCUT2D eigenvalue weighted by Crippen LogP contribution is 2.46. The Hall–Kier alpha value is -2.37. The Morgan fingerprint density at radius 2 is 1.73 bits per heavy atom. The lowest BCUT2D eigenvalue weighted by Gasteiger charge is -2.45. The molecule has 0 aromatic heterocycles. The SMILES string of the molecule is C/C(=C/c1ccc(C#N)cc1)c1ccc2c(c1)C(C)(C)C(O)CC2(C)C. The molecule has 1 N–H and O–H groups in total. The molecule has 0 fully saturated rings. The Kier molecular flexibility index (Phi) is 4.54. The van der Waals surface area contributed by atoms with Gasteiger partial charge in [0, 0.05) is 5.41 Å². The van der Waals surface area contributed by atoms with Crippen molar-refractivity contribution in [3.8, 4) is 6.07 Å². The zero-order valence-electron chi connectivity index (χ0n) is 16.3. The van der Waals surface area contributed by atoms with Crippen molar-refractivity contribution in [2.45, 2.75) is 58.0 Å². The Morgan fingerprint density at radius 1 is 1.08 bits per heavy atom. The van der Waals surface area contributed by atoms with Crippen molar-refractivity contribution in [2.24, 2.45) is 0 Å². The van der Waals surface area contributed by atoms with E-state index in [0.717, 1.165) is 12.0 Å². The van der Waals surface area contributed by atoms with Crippen LogP contribution in [-0.2, 0) is 10.8 Å². The first kappa shape index (κ1) is 18.4. The van der Waals surface area contributed by atoms with Crippen molar-refractivity contribution < 1.29 is 5.11 Å². The fourth-order valence-electron chi connectivity index (χ4n) is 3.93. The second-order valence-electron chi connectivity index (χ2n) is 8.65. The topological polar surface area (TPSA) is 44.0 Å². The van der Waals surface area contributed by atoms with Crippen LogP contribution in [0.4, 0.5) is 0 Å². The Bertz CT molecular complexity index is 895. The second-order valence-corrected chi connectivity index (χ2v) is 8.65. The first-order valence-electron chi connectivity index (χ1n) is 9.17. The van der Waals surface area contributed by atoms with Crippen LogP contribution in [0.1, 0.15) is 68.9 Å². The first-order chi connectivity index (χ1) is 12.1. The smallest absolute Gasteiger partial charge is 0.0991 e. The van der Waals surface area contributed by atoms with Crippen LogP contribution >= 0.6 is 0 Å². The number of fused-ring (bicyclic) bond motifs is 1. The molecule has 1 unspecified atom stereocenters. The average molecular weight is 345 g/mol. The zero-order chi connectivity index (χ0) is 19.1. The standard InChI is InChI=1S/C24H27NO/c1-16(12-17-6-8-18(15-25)9-7-17)19-10-11-20-21(13-19)24(4,5)22(26)14-23(20,2)3/h6-13,22,26H,14H2,1-5H3/b16-12-. The van der Waals surface area contributed by atoms with Crippen molar-refractivity contribution in [3.05, 3.63) is 70.3 Å². The van der Waals surface area contributed by atoms with Gasteiger partial charge < -0.3 is 5.11 Å². The summed E-state index contributed by atoms with van der Waals surface area (Å²) in [5.41, 5.74) is 6.40. The molecule has 0 amide bonds. The Balaban J connectivity index is 2.03. The van der Waals surface area contributed by atoms with Gasteiger partial charge in [-0.05, 0) is 58.7 Å². The molecule has 2 aromatic rings. The van der Waals surface area contributed by atoms with Crippen molar-refractivity contribution in [3.63, 3.8) is 0 Å². The molecular formula is C24H27NO. The molecule has 0 aliphatic heterocycles. The lowest BCUT2D eigenvalue weighted by Crippen LogP contribution is -2.45. The normalized spacial score (nSPS) is 21.0. The first-order valence-corrected chi connectivity index (χ1v) is 9.17. The second kappa shape index (κ2) is 6.41. The molecule has 1 aliphatic rings. The number of hydrogen-bond donors (Lipinski definition) is 1. The lowest BCUT2D eigenvalue weighted by atomic mass is 9.61. The molecule has 1 aliphatic carbocycles. The van der Waals surface area contributed by atoms with E-state index in [1.54, 1.807) is 0 Å². The summed E-state index contributed by atoms with van der Waals surface area (Å²) in [6, 6.07) is 16.4. The third-order valence-corrected chi connectivity index (χ3v) is 5.86. The molecule has 0 saturated heterocycles. The molecule has 2 aromatic carbocycles. The minimum atomic E-state index is -0.344. The largest absolute Gasteiger partial charge is 0.392 e. The minimum absolute atomic E-state index is 0.0203. The summed E-state index contributed by atoms with van der Waals surface area (Å²) in [6.45, 7) is 10.8. The number of aliphatic hydroxyl groups is 1.